The number of amides is 1. The summed E-state index contributed by atoms with van der Waals surface area (Å²) >= 11 is 1.40. The molecule has 0 aliphatic rings. The van der Waals surface area contributed by atoms with Crippen LogP contribution >= 0.6 is 11.8 Å². The first-order valence-electron chi connectivity index (χ1n) is 11.3. The van der Waals surface area contributed by atoms with E-state index in [1.807, 2.05) is 68.7 Å². The van der Waals surface area contributed by atoms with Crippen LogP contribution in [0.5, 0.6) is 5.75 Å². The van der Waals surface area contributed by atoms with Gasteiger partial charge in [0.05, 0.1) is 18.0 Å². The predicted molar refractivity (Wildman–Crippen MR) is 135 cm³/mol. The van der Waals surface area contributed by atoms with Crippen LogP contribution in [0, 0.1) is 0 Å². The Kier molecular flexibility index (Phi) is 8.04. The van der Waals surface area contributed by atoms with Gasteiger partial charge in [-0.3, -0.25) is 4.79 Å². The number of hydrogen-bond donors (Lipinski definition) is 1. The summed E-state index contributed by atoms with van der Waals surface area (Å²) in [5, 5.41) is 12.6. The Bertz CT molecular complexity index is 1220. The Morgan fingerprint density at radius 2 is 1.82 bits per heavy atom. The highest BCUT2D eigenvalue weighted by Crippen LogP contribution is 2.25. The van der Waals surface area contributed by atoms with Crippen LogP contribution in [0.3, 0.4) is 0 Å². The Morgan fingerprint density at radius 1 is 1.03 bits per heavy atom. The molecule has 2 aromatic carbocycles. The van der Waals surface area contributed by atoms with Gasteiger partial charge in [-0.25, -0.2) is 0 Å². The average Bonchev–Trinajstić information content (AvgIpc) is 3.44. The van der Waals surface area contributed by atoms with Gasteiger partial charge in [0.15, 0.2) is 5.16 Å². The molecule has 0 spiro atoms. The third kappa shape index (κ3) is 6.08. The highest BCUT2D eigenvalue weighted by molar-refractivity contribution is 7.99. The first-order valence-corrected chi connectivity index (χ1v) is 12.3. The van der Waals surface area contributed by atoms with Gasteiger partial charge in [-0.15, -0.1) is 10.2 Å². The van der Waals surface area contributed by atoms with Gasteiger partial charge in [-0.2, -0.15) is 0 Å². The van der Waals surface area contributed by atoms with Gasteiger partial charge in [-0.05, 0) is 43.2 Å². The summed E-state index contributed by atoms with van der Waals surface area (Å²) in [6.07, 6.45) is 3.57. The van der Waals surface area contributed by atoms with Crippen LogP contribution < -0.4 is 10.1 Å². The number of aryl methyl sites for hydroxylation is 2. The van der Waals surface area contributed by atoms with Crippen molar-refractivity contribution in [3.8, 4) is 5.75 Å². The van der Waals surface area contributed by atoms with Gasteiger partial charge in [0.25, 0.3) is 0 Å². The summed E-state index contributed by atoms with van der Waals surface area (Å²) in [4.78, 5) is 12.7. The molecule has 2 heterocycles. The molecule has 1 amide bonds. The molecule has 1 N–H and O–H groups in total. The van der Waals surface area contributed by atoms with Crippen LogP contribution in [0.25, 0.3) is 0 Å². The molecule has 2 aromatic heterocycles. The fraction of sp³-hybridized carbons (Fsp3) is 0.269. The van der Waals surface area contributed by atoms with Crippen LogP contribution in [0.4, 0.5) is 5.69 Å². The first kappa shape index (κ1) is 23.6. The summed E-state index contributed by atoms with van der Waals surface area (Å²) in [5.74, 6) is 1.67. The number of nitrogens with zero attached hydrogens (tertiary/aromatic N) is 4. The lowest BCUT2D eigenvalue weighted by atomic mass is 10.1. The number of rotatable bonds is 11. The van der Waals surface area contributed by atoms with E-state index in [4.69, 9.17) is 4.74 Å². The Hall–Kier alpha value is -3.52. The molecule has 0 fully saturated rings. The number of carbonyl (C=O) groups is 1. The number of ether oxygens (including phenoxy) is 1. The van der Waals surface area contributed by atoms with Crippen molar-refractivity contribution < 1.29 is 9.53 Å². The van der Waals surface area contributed by atoms with Gasteiger partial charge < -0.3 is 19.2 Å². The SMILES string of the molecule is CCOc1ccccc1NC(=O)CSc1nnc(Cc2cccn2C)n1CCc1ccccc1. The molecule has 4 aromatic rings. The number of benzene rings is 2. The van der Waals surface area contributed by atoms with Crippen molar-refractivity contribution in [2.24, 2.45) is 7.05 Å². The fourth-order valence-electron chi connectivity index (χ4n) is 3.68. The average molecular weight is 476 g/mol. The first-order chi connectivity index (χ1) is 16.6. The predicted octanol–water partition coefficient (Wildman–Crippen LogP) is 4.58. The van der Waals surface area contributed by atoms with Crippen molar-refractivity contribution in [3.05, 3.63) is 90.0 Å². The van der Waals surface area contributed by atoms with Gasteiger partial charge in [0, 0.05) is 31.9 Å². The molecular formula is C26H29N5O2S. The minimum Gasteiger partial charge on any atom is -0.492 e. The van der Waals surface area contributed by atoms with E-state index < -0.39 is 0 Å². The standard InChI is InChI=1S/C26H29N5O2S/c1-3-33-23-14-8-7-13-22(23)27-25(32)19-34-26-29-28-24(18-21-12-9-16-30(21)2)31(26)17-15-20-10-5-4-6-11-20/h4-14,16H,3,15,17-19H2,1-2H3,(H,27,32). The quantitative estimate of drug-likeness (QED) is 0.322. The molecule has 0 aliphatic carbocycles. The van der Waals surface area contributed by atoms with E-state index in [-0.39, 0.29) is 11.7 Å². The maximum Gasteiger partial charge on any atom is 0.234 e. The molecule has 0 unspecified atom stereocenters. The molecule has 4 rings (SSSR count). The summed E-state index contributed by atoms with van der Waals surface area (Å²) in [7, 11) is 2.03. The smallest absolute Gasteiger partial charge is 0.234 e. The number of thioether (sulfide) groups is 1. The topological polar surface area (TPSA) is 74.0 Å². The molecule has 34 heavy (non-hydrogen) atoms. The molecule has 7 nitrogen and oxygen atoms in total. The number of para-hydroxylation sites is 2. The molecule has 0 atom stereocenters. The van der Waals surface area contributed by atoms with Crippen molar-refractivity contribution >= 4 is 23.4 Å². The lowest BCUT2D eigenvalue weighted by Crippen LogP contribution is -2.16. The molecule has 0 saturated carbocycles. The second-order valence-electron chi connectivity index (χ2n) is 7.84. The zero-order valence-electron chi connectivity index (χ0n) is 19.5. The van der Waals surface area contributed by atoms with Crippen molar-refractivity contribution in [2.75, 3.05) is 17.7 Å². The second-order valence-corrected chi connectivity index (χ2v) is 8.78. The zero-order valence-corrected chi connectivity index (χ0v) is 20.3. The second kappa shape index (κ2) is 11.6. The number of hydrogen-bond acceptors (Lipinski definition) is 5. The monoisotopic (exact) mass is 475 g/mol. The van der Waals surface area contributed by atoms with E-state index in [0.717, 1.165) is 29.6 Å². The van der Waals surface area contributed by atoms with Crippen molar-refractivity contribution in [1.82, 2.24) is 19.3 Å². The third-order valence-corrected chi connectivity index (χ3v) is 6.41. The maximum atomic E-state index is 12.7. The highest BCUT2D eigenvalue weighted by atomic mass is 32.2. The largest absolute Gasteiger partial charge is 0.492 e. The Labute approximate surface area is 204 Å². The minimum absolute atomic E-state index is 0.112. The molecule has 0 radical (unpaired) electrons. The normalized spacial score (nSPS) is 10.9. The lowest BCUT2D eigenvalue weighted by molar-refractivity contribution is -0.113. The van der Waals surface area contributed by atoms with Gasteiger partial charge in [0.1, 0.15) is 11.6 Å². The van der Waals surface area contributed by atoms with Crippen LogP contribution in [0.1, 0.15) is 24.0 Å². The van der Waals surface area contributed by atoms with Crippen molar-refractivity contribution in [1.29, 1.82) is 0 Å². The van der Waals surface area contributed by atoms with E-state index in [2.05, 4.69) is 42.8 Å². The molecular weight excluding hydrogens is 446 g/mol. The van der Waals surface area contributed by atoms with Crippen LogP contribution in [-0.2, 0) is 31.2 Å². The summed E-state index contributed by atoms with van der Waals surface area (Å²) in [6, 6.07) is 21.9. The van der Waals surface area contributed by atoms with Crippen LogP contribution in [0.15, 0.2) is 78.1 Å². The number of aromatic nitrogens is 4. The molecule has 0 aliphatic heterocycles. The van der Waals surface area contributed by atoms with E-state index >= 15 is 0 Å². The lowest BCUT2D eigenvalue weighted by Gasteiger charge is -2.12. The van der Waals surface area contributed by atoms with Gasteiger partial charge in [-0.1, -0.05) is 54.2 Å². The number of carbonyl (C=O) groups excluding carboxylic acids is 1. The van der Waals surface area contributed by atoms with Crippen LogP contribution in [-0.4, -0.2) is 37.6 Å². The van der Waals surface area contributed by atoms with Crippen LogP contribution in [0.2, 0.25) is 0 Å². The highest BCUT2D eigenvalue weighted by Gasteiger charge is 2.16. The fourth-order valence-corrected chi connectivity index (χ4v) is 4.46. The van der Waals surface area contributed by atoms with Gasteiger partial charge in [0.2, 0.25) is 5.91 Å². The van der Waals surface area contributed by atoms with Crippen molar-refractivity contribution in [3.63, 3.8) is 0 Å². The zero-order chi connectivity index (χ0) is 23.8. The van der Waals surface area contributed by atoms with Gasteiger partial charge >= 0.3 is 0 Å². The third-order valence-electron chi connectivity index (χ3n) is 5.44. The molecule has 176 valence electrons. The summed E-state index contributed by atoms with van der Waals surface area (Å²) < 4.78 is 9.83. The Balaban J connectivity index is 1.46. The molecule has 8 heteroatoms. The van der Waals surface area contributed by atoms with E-state index in [9.17, 15) is 4.79 Å². The molecule has 0 saturated heterocycles. The van der Waals surface area contributed by atoms with E-state index in [1.54, 1.807) is 0 Å². The van der Waals surface area contributed by atoms with Crippen molar-refractivity contribution in [2.45, 2.75) is 31.5 Å². The van der Waals surface area contributed by atoms with E-state index in [0.29, 0.717) is 24.5 Å². The Morgan fingerprint density at radius 3 is 2.59 bits per heavy atom. The number of anilines is 1. The maximum absolute atomic E-state index is 12.7. The summed E-state index contributed by atoms with van der Waals surface area (Å²) in [5.41, 5.74) is 3.09. The minimum atomic E-state index is -0.112. The summed E-state index contributed by atoms with van der Waals surface area (Å²) in [6.45, 7) is 3.20. The van der Waals surface area contributed by atoms with E-state index in [1.165, 1.54) is 17.3 Å². The number of nitrogens with one attached hydrogen (secondary N) is 1. The molecule has 0 bridgehead atoms.